The third-order valence-electron chi connectivity index (χ3n) is 3.50. The summed E-state index contributed by atoms with van der Waals surface area (Å²) < 4.78 is 36.2. The lowest BCUT2D eigenvalue weighted by Gasteiger charge is -2.17. The molecule has 0 saturated heterocycles. The summed E-state index contributed by atoms with van der Waals surface area (Å²) in [5, 5.41) is 2.64. The largest absolute Gasteiger partial charge is 0.497 e. The van der Waals surface area contributed by atoms with Crippen LogP contribution in [0.25, 0.3) is 0 Å². The molecular formula is C17H20N2O5S. The van der Waals surface area contributed by atoms with E-state index in [0.29, 0.717) is 17.2 Å². The van der Waals surface area contributed by atoms with Crippen molar-refractivity contribution < 1.29 is 22.7 Å². The van der Waals surface area contributed by atoms with Gasteiger partial charge in [0.25, 0.3) is 0 Å². The summed E-state index contributed by atoms with van der Waals surface area (Å²) in [6, 6.07) is 12.9. The fourth-order valence-corrected chi connectivity index (χ4v) is 3.31. The second-order valence-electron chi connectivity index (χ2n) is 5.19. The Kier molecular flexibility index (Phi) is 6.00. The maximum atomic E-state index is 12.4. The molecule has 0 bridgehead atoms. The van der Waals surface area contributed by atoms with E-state index in [0.717, 1.165) is 4.31 Å². The van der Waals surface area contributed by atoms with E-state index in [1.165, 1.54) is 33.4 Å². The van der Waals surface area contributed by atoms with E-state index < -0.39 is 15.9 Å². The predicted octanol–water partition coefficient (Wildman–Crippen LogP) is 1.96. The number of methoxy groups -OCH3 is 2. The van der Waals surface area contributed by atoms with Crippen LogP contribution in [0.1, 0.15) is 0 Å². The van der Waals surface area contributed by atoms with E-state index in [4.69, 9.17) is 9.47 Å². The van der Waals surface area contributed by atoms with Gasteiger partial charge in [0.1, 0.15) is 11.5 Å². The summed E-state index contributed by atoms with van der Waals surface area (Å²) in [5.41, 5.74) is 0.400. The molecule has 2 aromatic rings. The third kappa shape index (κ3) is 4.49. The highest BCUT2D eigenvalue weighted by Crippen LogP contribution is 2.28. The standard InChI is InChI=1S/C17H20N2O5S/c1-19(25(21,22)14-7-5-4-6-8-14)12-17(20)18-15-11-13(23-2)9-10-16(15)24-3/h4-11H,12H2,1-3H3,(H,18,20). The van der Waals surface area contributed by atoms with Crippen LogP contribution >= 0.6 is 0 Å². The Balaban J connectivity index is 2.12. The van der Waals surface area contributed by atoms with Crippen LogP contribution in [0.3, 0.4) is 0 Å². The molecule has 2 aromatic carbocycles. The fraction of sp³-hybridized carbons (Fsp3) is 0.235. The summed E-state index contributed by atoms with van der Waals surface area (Å²) in [6.07, 6.45) is 0. The van der Waals surface area contributed by atoms with Gasteiger partial charge >= 0.3 is 0 Å². The molecule has 0 heterocycles. The summed E-state index contributed by atoms with van der Waals surface area (Å²) in [5.74, 6) is 0.498. The Labute approximate surface area is 147 Å². The monoisotopic (exact) mass is 364 g/mol. The molecule has 0 unspecified atom stereocenters. The van der Waals surface area contributed by atoms with Gasteiger partial charge in [-0.15, -0.1) is 0 Å². The zero-order valence-corrected chi connectivity index (χ0v) is 15.0. The number of sulfonamides is 1. The molecule has 7 nitrogen and oxygen atoms in total. The van der Waals surface area contributed by atoms with Gasteiger partial charge < -0.3 is 14.8 Å². The van der Waals surface area contributed by atoms with Crippen LogP contribution in [0.2, 0.25) is 0 Å². The molecule has 1 N–H and O–H groups in total. The first-order valence-corrected chi connectivity index (χ1v) is 8.85. The second kappa shape index (κ2) is 8.00. The summed E-state index contributed by atoms with van der Waals surface area (Å²) >= 11 is 0. The Morgan fingerprint density at radius 2 is 1.76 bits per heavy atom. The highest BCUT2D eigenvalue weighted by atomic mass is 32.2. The Morgan fingerprint density at radius 1 is 1.08 bits per heavy atom. The van der Waals surface area contributed by atoms with Gasteiger partial charge in [0.15, 0.2) is 0 Å². The number of benzene rings is 2. The molecule has 0 aliphatic rings. The van der Waals surface area contributed by atoms with Crippen molar-refractivity contribution in [2.24, 2.45) is 0 Å². The summed E-state index contributed by atoms with van der Waals surface area (Å²) in [4.78, 5) is 12.4. The highest BCUT2D eigenvalue weighted by Gasteiger charge is 2.23. The van der Waals surface area contributed by atoms with Gasteiger partial charge in [-0.3, -0.25) is 4.79 Å². The molecule has 0 atom stereocenters. The summed E-state index contributed by atoms with van der Waals surface area (Å²) in [7, 11) is 0.597. The van der Waals surface area contributed by atoms with Crippen LogP contribution in [0.4, 0.5) is 5.69 Å². The molecule has 1 amide bonds. The molecule has 134 valence electrons. The number of carbonyl (C=O) groups excluding carboxylic acids is 1. The molecule has 0 saturated carbocycles. The number of rotatable bonds is 7. The van der Waals surface area contributed by atoms with Crippen LogP contribution in [0.15, 0.2) is 53.4 Å². The lowest BCUT2D eigenvalue weighted by atomic mass is 10.2. The SMILES string of the molecule is COc1ccc(OC)c(NC(=O)CN(C)S(=O)(=O)c2ccccc2)c1. The first-order valence-electron chi connectivity index (χ1n) is 7.41. The van der Waals surface area contributed by atoms with Gasteiger partial charge in [0, 0.05) is 13.1 Å². The Bertz CT molecular complexity index is 837. The minimum Gasteiger partial charge on any atom is -0.497 e. The lowest BCUT2D eigenvalue weighted by Crippen LogP contribution is -2.35. The fourth-order valence-electron chi connectivity index (χ4n) is 2.16. The first-order chi connectivity index (χ1) is 11.9. The van der Waals surface area contributed by atoms with Gasteiger partial charge in [-0.2, -0.15) is 4.31 Å². The van der Waals surface area contributed by atoms with Crippen molar-refractivity contribution in [1.82, 2.24) is 4.31 Å². The van der Waals surface area contributed by atoms with E-state index in [2.05, 4.69) is 5.32 Å². The van der Waals surface area contributed by atoms with Crippen LogP contribution in [-0.4, -0.2) is 46.4 Å². The Hall–Kier alpha value is -2.58. The van der Waals surface area contributed by atoms with Crippen LogP contribution in [0, 0.1) is 0 Å². The zero-order chi connectivity index (χ0) is 18.4. The van der Waals surface area contributed by atoms with Crippen molar-refractivity contribution >= 4 is 21.6 Å². The molecule has 0 aliphatic heterocycles. The topological polar surface area (TPSA) is 84.9 Å². The average molecular weight is 364 g/mol. The minimum atomic E-state index is -3.74. The number of likely N-dealkylation sites (N-methyl/N-ethyl adjacent to an activating group) is 1. The van der Waals surface area contributed by atoms with Crippen LogP contribution in [0.5, 0.6) is 11.5 Å². The molecule has 0 fully saturated rings. The van der Waals surface area contributed by atoms with E-state index in [-0.39, 0.29) is 11.4 Å². The number of hydrogen-bond acceptors (Lipinski definition) is 5. The van der Waals surface area contributed by atoms with E-state index in [1.54, 1.807) is 36.4 Å². The Morgan fingerprint density at radius 3 is 2.36 bits per heavy atom. The van der Waals surface area contributed by atoms with Gasteiger partial charge in [0.2, 0.25) is 15.9 Å². The van der Waals surface area contributed by atoms with Crippen molar-refractivity contribution in [3.05, 3.63) is 48.5 Å². The van der Waals surface area contributed by atoms with Crippen molar-refractivity contribution in [2.75, 3.05) is 33.1 Å². The molecule has 8 heteroatoms. The molecular weight excluding hydrogens is 344 g/mol. The molecule has 25 heavy (non-hydrogen) atoms. The third-order valence-corrected chi connectivity index (χ3v) is 5.32. The van der Waals surface area contributed by atoms with E-state index >= 15 is 0 Å². The quantitative estimate of drug-likeness (QED) is 0.812. The average Bonchev–Trinajstić information content (AvgIpc) is 2.62. The van der Waals surface area contributed by atoms with Gasteiger partial charge in [-0.25, -0.2) is 8.42 Å². The van der Waals surface area contributed by atoms with Gasteiger partial charge in [0.05, 0.1) is 31.3 Å². The van der Waals surface area contributed by atoms with Gasteiger partial charge in [-0.05, 0) is 24.3 Å². The van der Waals surface area contributed by atoms with Gasteiger partial charge in [-0.1, -0.05) is 18.2 Å². The van der Waals surface area contributed by atoms with Crippen molar-refractivity contribution in [3.63, 3.8) is 0 Å². The van der Waals surface area contributed by atoms with Crippen LogP contribution < -0.4 is 14.8 Å². The molecule has 0 aliphatic carbocycles. The minimum absolute atomic E-state index is 0.129. The number of nitrogens with one attached hydrogen (secondary N) is 1. The predicted molar refractivity (Wildman–Crippen MR) is 94.4 cm³/mol. The highest BCUT2D eigenvalue weighted by molar-refractivity contribution is 7.89. The maximum absolute atomic E-state index is 12.4. The molecule has 0 radical (unpaired) electrons. The first kappa shape index (κ1) is 18.8. The number of anilines is 1. The molecule has 0 aromatic heterocycles. The smallest absolute Gasteiger partial charge is 0.243 e. The number of nitrogens with zero attached hydrogens (tertiary/aromatic N) is 1. The number of carbonyl (C=O) groups is 1. The van der Waals surface area contributed by atoms with E-state index in [9.17, 15) is 13.2 Å². The van der Waals surface area contributed by atoms with Crippen molar-refractivity contribution in [3.8, 4) is 11.5 Å². The normalized spacial score (nSPS) is 11.2. The lowest BCUT2D eigenvalue weighted by molar-refractivity contribution is -0.116. The van der Waals surface area contributed by atoms with Crippen molar-refractivity contribution in [1.29, 1.82) is 0 Å². The van der Waals surface area contributed by atoms with Crippen LogP contribution in [-0.2, 0) is 14.8 Å². The molecule has 2 rings (SSSR count). The maximum Gasteiger partial charge on any atom is 0.243 e. The number of ether oxygens (including phenoxy) is 2. The summed E-state index contributed by atoms with van der Waals surface area (Å²) in [6.45, 7) is -0.336. The molecule has 0 spiro atoms. The van der Waals surface area contributed by atoms with E-state index in [1.807, 2.05) is 0 Å². The van der Waals surface area contributed by atoms with Crippen molar-refractivity contribution in [2.45, 2.75) is 4.90 Å². The number of amides is 1. The number of hydrogen-bond donors (Lipinski definition) is 1. The second-order valence-corrected chi connectivity index (χ2v) is 7.23. The zero-order valence-electron chi connectivity index (χ0n) is 14.2.